The lowest BCUT2D eigenvalue weighted by molar-refractivity contribution is -0.118. The highest BCUT2D eigenvalue weighted by atomic mass is 16.5. The molecular weight excluding hydrogens is 380 g/mol. The predicted molar refractivity (Wildman–Crippen MR) is 117 cm³/mol. The summed E-state index contributed by atoms with van der Waals surface area (Å²) in [6.07, 6.45) is 2.36. The van der Waals surface area contributed by atoms with Crippen molar-refractivity contribution in [2.75, 3.05) is 31.5 Å². The first kappa shape index (κ1) is 20.3. The number of H-pyrrole nitrogens is 1. The molecule has 2 aromatic heterocycles. The van der Waals surface area contributed by atoms with Crippen LogP contribution in [0.2, 0.25) is 0 Å². The molecule has 1 aromatic carbocycles. The fraction of sp³-hybridized carbons (Fsp3) is 0.409. The van der Waals surface area contributed by atoms with Gasteiger partial charge in [-0.1, -0.05) is 30.3 Å². The van der Waals surface area contributed by atoms with E-state index in [2.05, 4.69) is 20.9 Å². The summed E-state index contributed by atoms with van der Waals surface area (Å²) in [4.78, 5) is 24.0. The monoisotopic (exact) mass is 408 g/mol. The number of hydrogen-bond donors (Lipinski definition) is 4. The van der Waals surface area contributed by atoms with Crippen molar-refractivity contribution >= 4 is 22.8 Å². The summed E-state index contributed by atoms with van der Waals surface area (Å²) in [6, 6.07) is 11.9. The molecule has 0 bridgehead atoms. The van der Waals surface area contributed by atoms with E-state index in [1.807, 2.05) is 36.4 Å². The Morgan fingerprint density at radius 3 is 2.73 bits per heavy atom. The van der Waals surface area contributed by atoms with E-state index in [9.17, 15) is 4.79 Å². The first-order valence-corrected chi connectivity index (χ1v) is 10.4. The quantitative estimate of drug-likeness (QED) is 0.427. The second kappa shape index (κ2) is 9.69. The van der Waals surface area contributed by atoms with Gasteiger partial charge in [0, 0.05) is 31.3 Å². The molecule has 8 nitrogen and oxygen atoms in total. The van der Waals surface area contributed by atoms with Crippen LogP contribution in [-0.4, -0.2) is 53.1 Å². The zero-order valence-electron chi connectivity index (χ0n) is 17.2. The summed E-state index contributed by atoms with van der Waals surface area (Å²) < 4.78 is 6.09. The Morgan fingerprint density at radius 1 is 1.17 bits per heavy atom. The van der Waals surface area contributed by atoms with Crippen LogP contribution in [0.3, 0.4) is 0 Å². The van der Waals surface area contributed by atoms with Crippen molar-refractivity contribution in [1.82, 2.24) is 25.6 Å². The van der Waals surface area contributed by atoms with Crippen molar-refractivity contribution < 1.29 is 9.53 Å². The fourth-order valence-corrected chi connectivity index (χ4v) is 3.58. The van der Waals surface area contributed by atoms with Crippen molar-refractivity contribution in [3.63, 3.8) is 0 Å². The highest BCUT2D eigenvalue weighted by Crippen LogP contribution is 2.26. The molecule has 0 saturated carbocycles. The third-order valence-corrected chi connectivity index (χ3v) is 5.13. The van der Waals surface area contributed by atoms with Gasteiger partial charge in [0.15, 0.2) is 5.82 Å². The summed E-state index contributed by atoms with van der Waals surface area (Å²) >= 11 is 0. The molecular formula is C22H28N6O2. The minimum Gasteiger partial charge on any atom is -0.372 e. The normalized spacial score (nSPS) is 14.7. The van der Waals surface area contributed by atoms with E-state index in [1.54, 1.807) is 0 Å². The topological polar surface area (TPSA) is 104 Å². The summed E-state index contributed by atoms with van der Waals surface area (Å²) in [6.45, 7) is 5.14. The van der Waals surface area contributed by atoms with Gasteiger partial charge >= 0.3 is 0 Å². The van der Waals surface area contributed by atoms with Crippen molar-refractivity contribution in [3.8, 4) is 11.4 Å². The van der Waals surface area contributed by atoms with E-state index in [0.29, 0.717) is 31.6 Å². The molecule has 0 spiro atoms. The van der Waals surface area contributed by atoms with Crippen molar-refractivity contribution in [2.45, 2.75) is 32.5 Å². The average molecular weight is 409 g/mol. The largest absolute Gasteiger partial charge is 0.372 e. The van der Waals surface area contributed by atoms with Gasteiger partial charge in [0.1, 0.15) is 11.5 Å². The van der Waals surface area contributed by atoms with Gasteiger partial charge < -0.3 is 25.7 Å². The Kier molecular flexibility index (Phi) is 6.56. The molecule has 0 atom stereocenters. The van der Waals surface area contributed by atoms with E-state index in [-0.39, 0.29) is 5.91 Å². The lowest BCUT2D eigenvalue weighted by atomic mass is 10.1. The van der Waals surface area contributed by atoms with Gasteiger partial charge in [0.05, 0.1) is 18.1 Å². The minimum atomic E-state index is -0.0476. The molecule has 0 radical (unpaired) electrons. The number of carbonyl (C=O) groups excluding carboxylic acids is 1. The van der Waals surface area contributed by atoms with Gasteiger partial charge in [0.25, 0.3) is 0 Å². The van der Waals surface area contributed by atoms with Gasteiger partial charge in [-0.3, -0.25) is 4.79 Å². The number of nitrogens with zero attached hydrogens (tertiary/aromatic N) is 2. The van der Waals surface area contributed by atoms with E-state index in [1.165, 1.54) is 6.92 Å². The number of piperidine rings is 1. The van der Waals surface area contributed by atoms with Gasteiger partial charge in [-0.05, 0) is 32.0 Å². The van der Waals surface area contributed by atoms with Crippen LogP contribution >= 0.6 is 0 Å². The Labute approximate surface area is 175 Å². The molecule has 158 valence electrons. The van der Waals surface area contributed by atoms with Crippen molar-refractivity contribution in [3.05, 3.63) is 42.1 Å². The number of nitrogens with one attached hydrogen (secondary N) is 4. The van der Waals surface area contributed by atoms with Crippen LogP contribution in [-0.2, 0) is 16.1 Å². The maximum absolute atomic E-state index is 11.1. The maximum atomic E-state index is 11.1. The standard InChI is InChI=1S/C22H28N6O2/c1-15(29)24-11-12-25-21-19-13-17(14-30-18-7-9-23-10-8-18)26-22(19)28-20(27-21)16-5-3-2-4-6-16/h2-6,13,18,23H,7-12,14H2,1H3,(H,24,29)(H2,25,26,27,28). The second-order valence-electron chi connectivity index (χ2n) is 7.49. The van der Waals surface area contributed by atoms with Crippen LogP contribution in [0.5, 0.6) is 0 Å². The number of aromatic amines is 1. The molecule has 30 heavy (non-hydrogen) atoms. The van der Waals surface area contributed by atoms with Crippen LogP contribution < -0.4 is 16.0 Å². The van der Waals surface area contributed by atoms with Gasteiger partial charge in [0.2, 0.25) is 5.91 Å². The first-order chi connectivity index (χ1) is 14.7. The summed E-state index contributed by atoms with van der Waals surface area (Å²) in [5.41, 5.74) is 2.70. The van der Waals surface area contributed by atoms with Crippen LogP contribution in [0.15, 0.2) is 36.4 Å². The first-order valence-electron chi connectivity index (χ1n) is 10.4. The van der Waals surface area contributed by atoms with Gasteiger partial charge in [-0.25, -0.2) is 9.97 Å². The number of hydrogen-bond acceptors (Lipinski definition) is 6. The number of aromatic nitrogens is 3. The van der Waals surface area contributed by atoms with Crippen LogP contribution in [0, 0.1) is 0 Å². The Bertz CT molecular complexity index is 982. The Balaban J connectivity index is 1.56. The van der Waals surface area contributed by atoms with Gasteiger partial charge in [-0.2, -0.15) is 0 Å². The fourth-order valence-electron chi connectivity index (χ4n) is 3.58. The number of ether oxygens (including phenoxy) is 1. The number of rotatable bonds is 8. The smallest absolute Gasteiger partial charge is 0.216 e. The minimum absolute atomic E-state index is 0.0476. The zero-order chi connectivity index (χ0) is 20.8. The molecule has 1 amide bonds. The molecule has 0 aliphatic carbocycles. The summed E-state index contributed by atoms with van der Waals surface area (Å²) in [7, 11) is 0. The van der Waals surface area contributed by atoms with E-state index < -0.39 is 0 Å². The lowest BCUT2D eigenvalue weighted by Crippen LogP contribution is -2.32. The number of amides is 1. The third-order valence-electron chi connectivity index (χ3n) is 5.13. The molecule has 8 heteroatoms. The molecule has 1 fully saturated rings. The molecule has 1 saturated heterocycles. The van der Waals surface area contributed by atoms with Crippen LogP contribution in [0.25, 0.3) is 22.4 Å². The molecule has 3 aromatic rings. The lowest BCUT2D eigenvalue weighted by Gasteiger charge is -2.22. The molecule has 1 aliphatic heterocycles. The van der Waals surface area contributed by atoms with Crippen LogP contribution in [0.1, 0.15) is 25.5 Å². The van der Waals surface area contributed by atoms with Gasteiger partial charge in [-0.15, -0.1) is 0 Å². The second-order valence-corrected chi connectivity index (χ2v) is 7.49. The summed E-state index contributed by atoms with van der Waals surface area (Å²) in [5, 5.41) is 10.4. The summed E-state index contributed by atoms with van der Waals surface area (Å²) in [5.74, 6) is 1.35. The highest BCUT2D eigenvalue weighted by molar-refractivity contribution is 5.89. The third kappa shape index (κ3) is 5.14. The molecule has 4 rings (SSSR count). The number of carbonyl (C=O) groups is 1. The van der Waals surface area contributed by atoms with E-state index in [0.717, 1.165) is 54.0 Å². The van der Waals surface area contributed by atoms with Crippen molar-refractivity contribution in [1.29, 1.82) is 0 Å². The molecule has 0 unspecified atom stereocenters. The zero-order valence-corrected chi connectivity index (χ0v) is 17.2. The van der Waals surface area contributed by atoms with Crippen molar-refractivity contribution in [2.24, 2.45) is 0 Å². The highest BCUT2D eigenvalue weighted by Gasteiger charge is 2.16. The molecule has 4 N–H and O–H groups in total. The number of benzene rings is 1. The van der Waals surface area contributed by atoms with Crippen LogP contribution in [0.4, 0.5) is 5.82 Å². The van der Waals surface area contributed by atoms with E-state index >= 15 is 0 Å². The predicted octanol–water partition coefficient (Wildman–Crippen LogP) is 2.44. The number of anilines is 1. The Morgan fingerprint density at radius 2 is 1.97 bits per heavy atom. The maximum Gasteiger partial charge on any atom is 0.216 e. The molecule has 3 heterocycles. The molecule has 1 aliphatic rings. The SMILES string of the molecule is CC(=O)NCCNc1nc(-c2ccccc2)nc2[nH]c(COC3CCNCC3)cc12. The van der Waals surface area contributed by atoms with E-state index in [4.69, 9.17) is 14.7 Å². The average Bonchev–Trinajstić information content (AvgIpc) is 3.19. The number of fused-ring (bicyclic) bond motifs is 1. The Hall–Kier alpha value is -2.97.